The first-order chi connectivity index (χ1) is 7.20. The van der Waals surface area contributed by atoms with Crippen LogP contribution in [0.2, 0.25) is 0 Å². The summed E-state index contributed by atoms with van der Waals surface area (Å²) in [5, 5.41) is 8.67. The van der Waals surface area contributed by atoms with Gasteiger partial charge in [-0.05, 0) is 28.1 Å². The van der Waals surface area contributed by atoms with E-state index >= 15 is 0 Å². The van der Waals surface area contributed by atoms with Gasteiger partial charge in [-0.1, -0.05) is 0 Å². The molecule has 15 heavy (non-hydrogen) atoms. The standard InChI is InChI=1S/C10H9BrFNOS/c1-14-4-5-15-8-3-2-7(6-13)9(11)10(8)12/h2-3H,4-5H2,1H3. The van der Waals surface area contributed by atoms with Crippen LogP contribution in [-0.2, 0) is 4.74 Å². The van der Waals surface area contributed by atoms with Crippen molar-refractivity contribution in [1.29, 1.82) is 5.26 Å². The number of nitriles is 1. The van der Waals surface area contributed by atoms with Gasteiger partial charge in [0, 0.05) is 17.8 Å². The maximum Gasteiger partial charge on any atom is 0.152 e. The molecule has 0 aliphatic heterocycles. The Hall–Kier alpha value is -0.570. The molecule has 80 valence electrons. The average Bonchev–Trinajstić information content (AvgIpc) is 2.25. The first-order valence-corrected chi connectivity index (χ1v) is 5.98. The smallest absolute Gasteiger partial charge is 0.152 e. The number of rotatable bonds is 4. The third-order valence-corrected chi connectivity index (χ3v) is 3.48. The average molecular weight is 290 g/mol. The molecule has 1 aromatic rings. The first-order valence-electron chi connectivity index (χ1n) is 4.20. The number of halogens is 2. The van der Waals surface area contributed by atoms with Crippen LogP contribution >= 0.6 is 27.7 Å². The zero-order valence-electron chi connectivity index (χ0n) is 8.09. The molecule has 0 aliphatic carbocycles. The molecule has 0 aromatic heterocycles. The van der Waals surface area contributed by atoms with Crippen LogP contribution in [0.5, 0.6) is 0 Å². The van der Waals surface area contributed by atoms with Crippen LogP contribution in [0.3, 0.4) is 0 Å². The number of hydrogen-bond donors (Lipinski definition) is 0. The van der Waals surface area contributed by atoms with E-state index in [0.717, 1.165) is 0 Å². The van der Waals surface area contributed by atoms with Crippen LogP contribution in [-0.4, -0.2) is 19.5 Å². The fourth-order valence-electron chi connectivity index (χ4n) is 0.965. The van der Waals surface area contributed by atoms with Crippen LogP contribution in [0, 0.1) is 17.1 Å². The molecule has 0 saturated carbocycles. The highest BCUT2D eigenvalue weighted by Gasteiger charge is 2.10. The molecule has 0 bridgehead atoms. The van der Waals surface area contributed by atoms with E-state index < -0.39 is 0 Å². The van der Waals surface area contributed by atoms with Crippen molar-refractivity contribution >= 4 is 27.7 Å². The summed E-state index contributed by atoms with van der Waals surface area (Å²) in [6.07, 6.45) is 0. The van der Waals surface area contributed by atoms with E-state index in [0.29, 0.717) is 22.8 Å². The molecule has 0 amide bonds. The Morgan fingerprint density at radius 3 is 2.93 bits per heavy atom. The molecule has 1 aromatic carbocycles. The summed E-state index contributed by atoms with van der Waals surface area (Å²) in [4.78, 5) is 0.526. The Labute approximate surface area is 101 Å². The Bertz CT molecular complexity index is 392. The second-order valence-corrected chi connectivity index (χ2v) is 4.62. The van der Waals surface area contributed by atoms with Crippen molar-refractivity contribution in [2.24, 2.45) is 0 Å². The minimum Gasteiger partial charge on any atom is -0.384 e. The lowest BCUT2D eigenvalue weighted by atomic mass is 10.2. The number of benzene rings is 1. The molecule has 0 atom stereocenters. The van der Waals surface area contributed by atoms with Gasteiger partial charge in [0.05, 0.1) is 16.6 Å². The third kappa shape index (κ3) is 3.20. The SMILES string of the molecule is COCCSc1ccc(C#N)c(Br)c1F. The predicted octanol–water partition coefficient (Wildman–Crippen LogP) is 3.20. The highest BCUT2D eigenvalue weighted by molar-refractivity contribution is 9.10. The van der Waals surface area contributed by atoms with Gasteiger partial charge in [-0.3, -0.25) is 0 Å². The van der Waals surface area contributed by atoms with Crippen LogP contribution < -0.4 is 0 Å². The topological polar surface area (TPSA) is 33.0 Å². The van der Waals surface area contributed by atoms with Crippen LogP contribution in [0.4, 0.5) is 4.39 Å². The maximum absolute atomic E-state index is 13.6. The van der Waals surface area contributed by atoms with Crippen molar-refractivity contribution in [2.45, 2.75) is 4.90 Å². The molecule has 5 heteroatoms. The van der Waals surface area contributed by atoms with E-state index in [1.54, 1.807) is 19.2 Å². The van der Waals surface area contributed by atoms with Crippen molar-refractivity contribution in [3.63, 3.8) is 0 Å². The summed E-state index contributed by atoms with van der Waals surface area (Å²) in [6, 6.07) is 5.12. The molecule has 0 N–H and O–H groups in total. The number of ether oxygens (including phenoxy) is 1. The molecule has 0 aliphatic rings. The van der Waals surface area contributed by atoms with Crippen molar-refractivity contribution < 1.29 is 9.13 Å². The fraction of sp³-hybridized carbons (Fsp3) is 0.300. The molecule has 0 fully saturated rings. The first kappa shape index (κ1) is 12.5. The van der Waals surface area contributed by atoms with Gasteiger partial charge in [-0.2, -0.15) is 5.26 Å². The van der Waals surface area contributed by atoms with E-state index in [9.17, 15) is 4.39 Å². The van der Waals surface area contributed by atoms with Gasteiger partial charge in [0.1, 0.15) is 6.07 Å². The van der Waals surface area contributed by atoms with Gasteiger partial charge in [-0.15, -0.1) is 11.8 Å². The Morgan fingerprint density at radius 2 is 2.33 bits per heavy atom. The number of nitrogens with zero attached hydrogens (tertiary/aromatic N) is 1. The number of hydrogen-bond acceptors (Lipinski definition) is 3. The van der Waals surface area contributed by atoms with Crippen molar-refractivity contribution in [3.8, 4) is 6.07 Å². The lowest BCUT2D eigenvalue weighted by Gasteiger charge is -2.05. The van der Waals surface area contributed by atoms with E-state index in [1.807, 2.05) is 6.07 Å². The summed E-state index contributed by atoms with van der Waals surface area (Å²) in [5.74, 6) is 0.307. The highest BCUT2D eigenvalue weighted by Crippen LogP contribution is 2.29. The summed E-state index contributed by atoms with van der Waals surface area (Å²) < 4.78 is 18.7. The number of methoxy groups -OCH3 is 1. The quantitative estimate of drug-likeness (QED) is 0.630. The Morgan fingerprint density at radius 1 is 1.60 bits per heavy atom. The van der Waals surface area contributed by atoms with E-state index in [4.69, 9.17) is 10.00 Å². The Balaban J connectivity index is 2.83. The minimum atomic E-state index is -0.379. The third-order valence-electron chi connectivity index (χ3n) is 1.71. The number of thioether (sulfide) groups is 1. The summed E-state index contributed by atoms with van der Waals surface area (Å²) >= 11 is 4.42. The summed E-state index contributed by atoms with van der Waals surface area (Å²) in [5.41, 5.74) is 0.309. The minimum absolute atomic E-state index is 0.229. The summed E-state index contributed by atoms with van der Waals surface area (Å²) in [7, 11) is 1.60. The fourth-order valence-corrected chi connectivity index (χ4v) is 2.39. The maximum atomic E-state index is 13.6. The van der Waals surface area contributed by atoms with Crippen molar-refractivity contribution in [2.75, 3.05) is 19.5 Å². The van der Waals surface area contributed by atoms with Gasteiger partial charge in [0.15, 0.2) is 5.82 Å². The zero-order valence-corrected chi connectivity index (χ0v) is 10.5. The molecule has 0 heterocycles. The second kappa shape index (κ2) is 6.11. The molecule has 0 radical (unpaired) electrons. The van der Waals surface area contributed by atoms with Crippen LogP contribution in [0.1, 0.15) is 5.56 Å². The molecule has 0 spiro atoms. The normalized spacial score (nSPS) is 10.0. The largest absolute Gasteiger partial charge is 0.384 e. The van der Waals surface area contributed by atoms with Gasteiger partial charge >= 0.3 is 0 Å². The zero-order chi connectivity index (χ0) is 11.3. The van der Waals surface area contributed by atoms with Crippen LogP contribution in [0.15, 0.2) is 21.5 Å². The molecule has 0 unspecified atom stereocenters. The molecular formula is C10H9BrFNOS. The van der Waals surface area contributed by atoms with E-state index in [1.165, 1.54) is 11.8 Å². The van der Waals surface area contributed by atoms with E-state index in [2.05, 4.69) is 15.9 Å². The van der Waals surface area contributed by atoms with Crippen LogP contribution in [0.25, 0.3) is 0 Å². The molecular weight excluding hydrogens is 281 g/mol. The van der Waals surface area contributed by atoms with Crippen molar-refractivity contribution in [3.05, 3.63) is 28.0 Å². The molecule has 1 rings (SSSR count). The van der Waals surface area contributed by atoms with Crippen molar-refractivity contribution in [1.82, 2.24) is 0 Å². The van der Waals surface area contributed by atoms with E-state index in [-0.39, 0.29) is 10.3 Å². The molecule has 0 saturated heterocycles. The lowest BCUT2D eigenvalue weighted by molar-refractivity contribution is 0.218. The highest BCUT2D eigenvalue weighted by atomic mass is 79.9. The van der Waals surface area contributed by atoms with Gasteiger partial charge in [-0.25, -0.2) is 4.39 Å². The van der Waals surface area contributed by atoms with Gasteiger partial charge < -0.3 is 4.74 Å². The van der Waals surface area contributed by atoms with Gasteiger partial charge in [0.25, 0.3) is 0 Å². The molecule has 2 nitrogen and oxygen atoms in total. The summed E-state index contributed by atoms with van der Waals surface area (Å²) in [6.45, 7) is 0.571. The lowest BCUT2D eigenvalue weighted by Crippen LogP contribution is -1.93. The Kier molecular flexibility index (Phi) is 5.09. The van der Waals surface area contributed by atoms with Gasteiger partial charge in [0.2, 0.25) is 0 Å². The predicted molar refractivity (Wildman–Crippen MR) is 61.4 cm³/mol. The monoisotopic (exact) mass is 289 g/mol. The second-order valence-electron chi connectivity index (χ2n) is 2.69.